The topological polar surface area (TPSA) is 91.9 Å². The number of fused-ring (bicyclic) bond motifs is 1. The highest BCUT2D eigenvalue weighted by Crippen LogP contribution is 2.27. The van der Waals surface area contributed by atoms with E-state index >= 15 is 0 Å². The average Bonchev–Trinajstić information content (AvgIpc) is 3.13. The van der Waals surface area contributed by atoms with E-state index in [2.05, 4.69) is 30.3 Å². The molecule has 7 nitrogen and oxygen atoms in total. The number of methoxy groups -OCH3 is 1. The Bertz CT molecular complexity index is 1200. The van der Waals surface area contributed by atoms with Gasteiger partial charge in [0.2, 0.25) is 5.95 Å². The number of esters is 1. The van der Waals surface area contributed by atoms with Gasteiger partial charge >= 0.3 is 5.97 Å². The van der Waals surface area contributed by atoms with E-state index in [-0.39, 0.29) is 18.2 Å². The molecule has 0 saturated heterocycles. The van der Waals surface area contributed by atoms with Crippen molar-refractivity contribution in [3.8, 4) is 0 Å². The summed E-state index contributed by atoms with van der Waals surface area (Å²) in [5.41, 5.74) is 3.58. The number of hydrogen-bond donors (Lipinski definition) is 3. The van der Waals surface area contributed by atoms with Crippen molar-refractivity contribution in [2.45, 2.75) is 13.3 Å². The van der Waals surface area contributed by atoms with E-state index in [0.717, 1.165) is 22.5 Å². The molecule has 4 rings (SSSR count). The number of aromatic nitrogens is 3. The van der Waals surface area contributed by atoms with Crippen molar-refractivity contribution in [1.29, 1.82) is 0 Å². The van der Waals surface area contributed by atoms with Gasteiger partial charge in [-0.3, -0.25) is 4.79 Å². The summed E-state index contributed by atoms with van der Waals surface area (Å²) in [5, 5.41) is 6.63. The minimum atomic E-state index is -0.342. The van der Waals surface area contributed by atoms with Gasteiger partial charge in [-0.25, -0.2) is 9.37 Å². The molecule has 0 radical (unpaired) electrons. The zero-order valence-electron chi connectivity index (χ0n) is 16.5. The van der Waals surface area contributed by atoms with E-state index < -0.39 is 0 Å². The van der Waals surface area contributed by atoms with Crippen molar-refractivity contribution in [3.63, 3.8) is 0 Å². The summed E-state index contributed by atoms with van der Waals surface area (Å²) < 4.78 is 19.5. The molecule has 0 amide bonds. The second kappa shape index (κ2) is 8.20. The molecule has 0 atom stereocenters. The molecule has 0 unspecified atom stereocenters. The number of nitrogens with zero attached hydrogens (tertiary/aromatic N) is 2. The molecule has 3 N–H and O–H groups in total. The highest BCUT2D eigenvalue weighted by Gasteiger charge is 2.11. The summed E-state index contributed by atoms with van der Waals surface area (Å²) in [6, 6.07) is 14.2. The first-order valence-electron chi connectivity index (χ1n) is 9.32. The Morgan fingerprint density at radius 2 is 1.93 bits per heavy atom. The number of aromatic amines is 1. The number of hydrogen-bond acceptors (Lipinski definition) is 6. The SMILES string of the molecule is COC(=O)Cc1ccc(Nc2nccc(Nc3ccc4[nH]c(C)cc4c3F)n2)cc1. The molecular formula is C22H20FN5O2. The molecule has 152 valence electrons. The van der Waals surface area contributed by atoms with Gasteiger partial charge in [-0.05, 0) is 48.9 Å². The highest BCUT2D eigenvalue weighted by atomic mass is 19.1. The van der Waals surface area contributed by atoms with Crippen LogP contribution in [0.3, 0.4) is 0 Å². The number of carbonyl (C=O) groups is 1. The normalized spacial score (nSPS) is 10.8. The summed E-state index contributed by atoms with van der Waals surface area (Å²) >= 11 is 0. The Morgan fingerprint density at radius 1 is 1.13 bits per heavy atom. The lowest BCUT2D eigenvalue weighted by atomic mass is 10.1. The minimum absolute atomic E-state index is 0.212. The first kappa shape index (κ1) is 19.4. The van der Waals surface area contributed by atoms with Crippen LogP contribution in [0.15, 0.2) is 54.7 Å². The molecule has 0 fully saturated rings. The average molecular weight is 405 g/mol. The highest BCUT2D eigenvalue weighted by molar-refractivity contribution is 5.85. The van der Waals surface area contributed by atoms with Gasteiger partial charge in [-0.1, -0.05) is 12.1 Å². The maximum absolute atomic E-state index is 14.8. The molecule has 8 heteroatoms. The van der Waals surface area contributed by atoms with Gasteiger partial charge in [0.15, 0.2) is 5.82 Å². The second-order valence-electron chi connectivity index (χ2n) is 6.81. The van der Waals surface area contributed by atoms with Crippen LogP contribution >= 0.6 is 0 Å². The van der Waals surface area contributed by atoms with E-state index in [9.17, 15) is 9.18 Å². The maximum atomic E-state index is 14.8. The standard InChI is InChI=1S/C22H20FN5O2/c1-13-11-16-17(25-13)7-8-18(21(16)23)27-19-9-10-24-22(28-19)26-15-5-3-14(4-6-15)12-20(29)30-2/h3-11,25H,12H2,1-2H3,(H2,24,26,27,28). The summed E-state index contributed by atoms with van der Waals surface area (Å²) in [7, 11) is 1.36. The fourth-order valence-electron chi connectivity index (χ4n) is 3.10. The number of carbonyl (C=O) groups excluding carboxylic acids is 1. The van der Waals surface area contributed by atoms with E-state index in [1.807, 2.05) is 37.3 Å². The van der Waals surface area contributed by atoms with Crippen molar-refractivity contribution in [2.75, 3.05) is 17.7 Å². The van der Waals surface area contributed by atoms with Crippen molar-refractivity contribution >= 4 is 40.0 Å². The largest absolute Gasteiger partial charge is 0.469 e. The number of H-pyrrole nitrogens is 1. The third-order valence-electron chi connectivity index (χ3n) is 4.58. The molecule has 0 spiro atoms. The third kappa shape index (κ3) is 4.22. The van der Waals surface area contributed by atoms with Crippen LogP contribution in [-0.2, 0) is 16.0 Å². The molecule has 0 aliphatic carbocycles. The lowest BCUT2D eigenvalue weighted by Crippen LogP contribution is -2.04. The molecule has 2 heterocycles. The van der Waals surface area contributed by atoms with Crippen LogP contribution in [0.4, 0.5) is 27.5 Å². The Balaban J connectivity index is 1.49. The molecule has 2 aromatic carbocycles. The van der Waals surface area contributed by atoms with Gasteiger partial charge in [0.25, 0.3) is 0 Å². The summed E-state index contributed by atoms with van der Waals surface area (Å²) in [4.78, 5) is 23.1. The zero-order valence-corrected chi connectivity index (χ0v) is 16.5. The van der Waals surface area contributed by atoms with Gasteiger partial charge < -0.3 is 20.4 Å². The number of rotatable bonds is 6. The fraction of sp³-hybridized carbons (Fsp3) is 0.136. The minimum Gasteiger partial charge on any atom is -0.469 e. The molecule has 0 saturated carbocycles. The molecule has 0 aliphatic heterocycles. The predicted octanol–water partition coefficient (Wildman–Crippen LogP) is 4.61. The van der Waals surface area contributed by atoms with Crippen LogP contribution in [0, 0.1) is 12.7 Å². The molecule has 0 aliphatic rings. The van der Waals surface area contributed by atoms with Gasteiger partial charge in [0.1, 0.15) is 5.82 Å². The van der Waals surface area contributed by atoms with Crippen molar-refractivity contribution in [2.24, 2.45) is 0 Å². The number of ether oxygens (including phenoxy) is 1. The molecule has 4 aromatic rings. The first-order valence-corrected chi connectivity index (χ1v) is 9.32. The predicted molar refractivity (Wildman–Crippen MR) is 114 cm³/mol. The van der Waals surface area contributed by atoms with Gasteiger partial charge in [-0.15, -0.1) is 0 Å². The van der Waals surface area contributed by atoms with Crippen LogP contribution in [0.1, 0.15) is 11.3 Å². The Labute approximate surface area is 172 Å². The summed E-state index contributed by atoms with van der Waals surface area (Å²) in [6.07, 6.45) is 1.80. The monoisotopic (exact) mass is 405 g/mol. The van der Waals surface area contributed by atoms with Crippen LogP contribution in [0.25, 0.3) is 10.9 Å². The summed E-state index contributed by atoms with van der Waals surface area (Å²) in [5.74, 6) is 0.184. The lowest BCUT2D eigenvalue weighted by molar-refractivity contribution is -0.139. The first-order chi connectivity index (χ1) is 14.5. The summed E-state index contributed by atoms with van der Waals surface area (Å²) in [6.45, 7) is 1.89. The molecule has 30 heavy (non-hydrogen) atoms. The van der Waals surface area contributed by atoms with Crippen molar-refractivity contribution < 1.29 is 13.9 Å². The molecule has 0 bridgehead atoms. The van der Waals surface area contributed by atoms with E-state index in [4.69, 9.17) is 0 Å². The van der Waals surface area contributed by atoms with Crippen molar-refractivity contribution in [1.82, 2.24) is 15.0 Å². The Kier molecular flexibility index (Phi) is 5.30. The van der Waals surface area contributed by atoms with Crippen LogP contribution in [0.2, 0.25) is 0 Å². The van der Waals surface area contributed by atoms with Gasteiger partial charge in [-0.2, -0.15) is 4.98 Å². The Hall–Kier alpha value is -3.94. The maximum Gasteiger partial charge on any atom is 0.309 e. The number of nitrogens with one attached hydrogen (secondary N) is 3. The number of anilines is 4. The molecule has 2 aromatic heterocycles. The number of aryl methyl sites for hydroxylation is 1. The second-order valence-corrected chi connectivity index (χ2v) is 6.81. The van der Waals surface area contributed by atoms with Crippen LogP contribution in [-0.4, -0.2) is 28.0 Å². The van der Waals surface area contributed by atoms with Crippen LogP contribution in [0.5, 0.6) is 0 Å². The van der Waals surface area contributed by atoms with Crippen LogP contribution < -0.4 is 10.6 Å². The number of halogens is 1. The van der Waals surface area contributed by atoms with E-state index in [0.29, 0.717) is 22.8 Å². The van der Waals surface area contributed by atoms with Gasteiger partial charge in [0.05, 0.1) is 19.2 Å². The number of benzene rings is 2. The quantitative estimate of drug-likeness (QED) is 0.406. The van der Waals surface area contributed by atoms with Gasteiger partial charge in [0, 0.05) is 28.5 Å². The van der Waals surface area contributed by atoms with E-state index in [1.54, 1.807) is 24.4 Å². The fourth-order valence-corrected chi connectivity index (χ4v) is 3.10. The van der Waals surface area contributed by atoms with E-state index in [1.165, 1.54) is 7.11 Å². The molecular weight excluding hydrogens is 385 g/mol. The Morgan fingerprint density at radius 3 is 2.70 bits per heavy atom. The lowest BCUT2D eigenvalue weighted by Gasteiger charge is -2.10. The van der Waals surface area contributed by atoms with Crippen molar-refractivity contribution in [3.05, 3.63) is 71.8 Å². The zero-order chi connectivity index (χ0) is 21.1. The smallest absolute Gasteiger partial charge is 0.309 e. The third-order valence-corrected chi connectivity index (χ3v) is 4.58.